The summed E-state index contributed by atoms with van der Waals surface area (Å²) in [6.45, 7) is 13.7. The van der Waals surface area contributed by atoms with Crippen molar-refractivity contribution in [2.75, 3.05) is 0 Å². The standard InChI is InChI=1S/C35H37NOSi/c1-25-23-32-30(26-19-21-28(22-20-26)35(2,3)4)16-12-17-31(32)34(25)38(5,6)37-33-18-11-10-13-27(33)24-36-29-14-8-7-9-15-29/h7-24,34H,1-6H3. The highest BCUT2D eigenvalue weighted by atomic mass is 28.4. The van der Waals surface area contributed by atoms with Gasteiger partial charge in [-0.2, -0.15) is 0 Å². The average Bonchev–Trinajstić information content (AvgIpc) is 3.25. The SMILES string of the molecule is CC1=Cc2c(-c3ccc(C(C)(C)C)cc3)cccc2C1[Si](C)(C)Oc1ccccc1C=Nc1ccccc1. The molecule has 0 saturated carbocycles. The van der Waals surface area contributed by atoms with Crippen molar-refractivity contribution in [3.63, 3.8) is 0 Å². The third kappa shape index (κ3) is 5.30. The first kappa shape index (κ1) is 25.9. The lowest BCUT2D eigenvalue weighted by molar-refractivity contribution is 0.536. The largest absolute Gasteiger partial charge is 0.543 e. The summed E-state index contributed by atoms with van der Waals surface area (Å²) in [5, 5.41) is 0. The molecule has 2 nitrogen and oxygen atoms in total. The molecule has 0 bridgehead atoms. The first-order chi connectivity index (χ1) is 18.1. The van der Waals surface area contributed by atoms with Gasteiger partial charge in [-0.3, -0.25) is 4.99 Å². The summed E-state index contributed by atoms with van der Waals surface area (Å²) in [6.07, 6.45) is 4.30. The number of hydrogen-bond donors (Lipinski definition) is 0. The molecular formula is C35H37NOSi. The Morgan fingerprint density at radius 3 is 2.18 bits per heavy atom. The normalized spacial score (nSPS) is 15.4. The second kappa shape index (κ2) is 10.2. The molecule has 0 fully saturated rings. The Kier molecular flexibility index (Phi) is 6.98. The van der Waals surface area contributed by atoms with E-state index in [9.17, 15) is 0 Å². The fourth-order valence-corrected chi connectivity index (χ4v) is 8.61. The van der Waals surface area contributed by atoms with Crippen LogP contribution < -0.4 is 4.43 Å². The summed E-state index contributed by atoms with van der Waals surface area (Å²) < 4.78 is 6.94. The van der Waals surface area contributed by atoms with Crippen LogP contribution >= 0.6 is 0 Å². The molecule has 1 aliphatic rings. The van der Waals surface area contributed by atoms with Crippen molar-refractivity contribution in [1.82, 2.24) is 0 Å². The molecule has 1 unspecified atom stereocenters. The zero-order valence-corrected chi connectivity index (χ0v) is 24.3. The third-order valence-electron chi connectivity index (χ3n) is 7.44. The number of benzene rings is 4. The van der Waals surface area contributed by atoms with Gasteiger partial charge in [0.25, 0.3) is 8.32 Å². The van der Waals surface area contributed by atoms with Gasteiger partial charge in [-0.1, -0.05) is 105 Å². The van der Waals surface area contributed by atoms with E-state index in [1.54, 1.807) is 0 Å². The van der Waals surface area contributed by atoms with E-state index in [-0.39, 0.29) is 11.0 Å². The molecule has 3 heteroatoms. The van der Waals surface area contributed by atoms with Gasteiger partial charge < -0.3 is 4.43 Å². The number of para-hydroxylation sites is 2. The van der Waals surface area contributed by atoms with Crippen molar-refractivity contribution in [2.45, 2.75) is 51.7 Å². The van der Waals surface area contributed by atoms with E-state index < -0.39 is 8.32 Å². The van der Waals surface area contributed by atoms with E-state index in [0.29, 0.717) is 0 Å². The van der Waals surface area contributed by atoms with Crippen molar-refractivity contribution in [3.8, 4) is 16.9 Å². The Morgan fingerprint density at radius 2 is 1.47 bits per heavy atom. The van der Waals surface area contributed by atoms with E-state index >= 15 is 0 Å². The Labute approximate surface area is 228 Å². The molecule has 1 aliphatic carbocycles. The third-order valence-corrected chi connectivity index (χ3v) is 10.3. The summed E-state index contributed by atoms with van der Waals surface area (Å²) in [5.74, 6) is 0.902. The smallest absolute Gasteiger partial charge is 0.256 e. The summed E-state index contributed by atoms with van der Waals surface area (Å²) in [4.78, 5) is 4.68. The van der Waals surface area contributed by atoms with Crippen molar-refractivity contribution < 1.29 is 4.43 Å². The second-order valence-corrected chi connectivity index (χ2v) is 15.8. The van der Waals surface area contributed by atoms with Crippen LogP contribution in [0, 0.1) is 0 Å². The highest BCUT2D eigenvalue weighted by Crippen LogP contribution is 2.46. The lowest BCUT2D eigenvalue weighted by Crippen LogP contribution is -2.42. The fourth-order valence-electron chi connectivity index (χ4n) is 5.56. The monoisotopic (exact) mass is 515 g/mol. The van der Waals surface area contributed by atoms with Crippen LogP contribution in [-0.2, 0) is 5.41 Å². The number of rotatable bonds is 6. The molecule has 38 heavy (non-hydrogen) atoms. The van der Waals surface area contributed by atoms with Crippen LogP contribution in [0.25, 0.3) is 17.2 Å². The molecule has 0 aromatic heterocycles. The zero-order chi connectivity index (χ0) is 26.9. The molecule has 192 valence electrons. The minimum Gasteiger partial charge on any atom is -0.543 e. The molecular weight excluding hydrogens is 478 g/mol. The molecule has 0 N–H and O–H groups in total. The molecule has 0 radical (unpaired) electrons. The van der Waals surface area contributed by atoms with Crippen molar-refractivity contribution in [3.05, 3.63) is 125 Å². The molecule has 1 atom stereocenters. The van der Waals surface area contributed by atoms with Gasteiger partial charge in [-0.25, -0.2) is 0 Å². The summed E-state index contributed by atoms with van der Waals surface area (Å²) in [6, 6.07) is 34.1. The lowest BCUT2D eigenvalue weighted by Gasteiger charge is -2.33. The quantitative estimate of drug-likeness (QED) is 0.185. The molecule has 0 amide bonds. The fraction of sp³-hybridized carbons (Fsp3) is 0.229. The highest BCUT2D eigenvalue weighted by Gasteiger charge is 2.42. The first-order valence-electron chi connectivity index (χ1n) is 13.4. The molecule has 4 aromatic carbocycles. The van der Waals surface area contributed by atoms with E-state index in [4.69, 9.17) is 4.43 Å². The number of allylic oxidation sites excluding steroid dienone is 1. The van der Waals surface area contributed by atoms with Crippen molar-refractivity contribution >= 4 is 26.3 Å². The van der Waals surface area contributed by atoms with Crippen molar-refractivity contribution in [1.29, 1.82) is 0 Å². The molecule has 0 saturated heterocycles. The van der Waals surface area contributed by atoms with Gasteiger partial charge in [0.15, 0.2) is 0 Å². The zero-order valence-electron chi connectivity index (χ0n) is 23.3. The lowest BCUT2D eigenvalue weighted by atomic mass is 9.86. The Morgan fingerprint density at radius 1 is 0.789 bits per heavy atom. The van der Waals surface area contributed by atoms with Crippen molar-refractivity contribution in [2.24, 2.45) is 4.99 Å². The first-order valence-corrected chi connectivity index (χ1v) is 16.4. The predicted molar refractivity (Wildman–Crippen MR) is 165 cm³/mol. The predicted octanol–water partition coefficient (Wildman–Crippen LogP) is 9.73. The van der Waals surface area contributed by atoms with Gasteiger partial charge in [-0.15, -0.1) is 0 Å². The van der Waals surface area contributed by atoms with E-state index in [1.807, 2.05) is 48.7 Å². The Balaban J connectivity index is 1.45. The van der Waals surface area contributed by atoms with Crippen LogP contribution in [-0.4, -0.2) is 14.5 Å². The van der Waals surface area contributed by atoms with Gasteiger partial charge in [0.1, 0.15) is 5.75 Å². The maximum absolute atomic E-state index is 6.94. The number of aliphatic imine (C=N–C) groups is 1. The van der Waals surface area contributed by atoms with Crippen LogP contribution in [0.5, 0.6) is 5.75 Å². The summed E-state index contributed by atoms with van der Waals surface area (Å²) >= 11 is 0. The van der Waals surface area contributed by atoms with Gasteiger partial charge in [0.05, 0.1) is 5.69 Å². The van der Waals surface area contributed by atoms with Crippen LogP contribution in [0.3, 0.4) is 0 Å². The maximum Gasteiger partial charge on any atom is 0.256 e. The second-order valence-electron chi connectivity index (χ2n) is 11.8. The van der Waals surface area contributed by atoms with Crippen LogP contribution in [0.2, 0.25) is 13.1 Å². The van der Waals surface area contributed by atoms with E-state index in [2.05, 4.69) is 106 Å². The summed E-state index contributed by atoms with van der Waals surface area (Å²) in [7, 11) is -2.25. The minimum atomic E-state index is -2.25. The Hall–Kier alpha value is -3.69. The van der Waals surface area contributed by atoms with Gasteiger partial charge >= 0.3 is 0 Å². The molecule has 0 heterocycles. The molecule has 0 aliphatic heterocycles. The topological polar surface area (TPSA) is 21.6 Å². The highest BCUT2D eigenvalue weighted by molar-refractivity contribution is 6.74. The molecule has 4 aromatic rings. The van der Waals surface area contributed by atoms with Crippen LogP contribution in [0.15, 0.2) is 108 Å². The van der Waals surface area contributed by atoms with Gasteiger partial charge in [0, 0.05) is 17.3 Å². The number of fused-ring (bicyclic) bond motifs is 1. The Bertz CT molecular complexity index is 1490. The van der Waals surface area contributed by atoms with E-state index in [0.717, 1.165) is 17.0 Å². The number of nitrogens with zero attached hydrogens (tertiary/aromatic N) is 1. The molecule has 5 rings (SSSR count). The van der Waals surface area contributed by atoms with Gasteiger partial charge in [0.2, 0.25) is 0 Å². The van der Waals surface area contributed by atoms with E-state index in [1.165, 1.54) is 33.4 Å². The summed E-state index contributed by atoms with van der Waals surface area (Å²) in [5.41, 5.74) is 10.4. The average molecular weight is 516 g/mol. The minimum absolute atomic E-state index is 0.147. The maximum atomic E-state index is 6.94. The van der Waals surface area contributed by atoms with Crippen LogP contribution in [0.1, 0.15) is 55.5 Å². The van der Waals surface area contributed by atoms with Crippen LogP contribution in [0.4, 0.5) is 5.69 Å². The van der Waals surface area contributed by atoms with Gasteiger partial charge in [-0.05, 0) is 77.5 Å². The molecule has 0 spiro atoms. The number of hydrogen-bond acceptors (Lipinski definition) is 2.